The Kier molecular flexibility index (Phi) is 7.71. The van der Waals surface area contributed by atoms with Crippen LogP contribution in [-0.2, 0) is 9.53 Å². The number of piperazine rings is 1. The molecule has 6 heteroatoms. The molecule has 2 aliphatic rings. The predicted octanol–water partition coefficient (Wildman–Crippen LogP) is 1.64. The van der Waals surface area contributed by atoms with Gasteiger partial charge < -0.3 is 20.3 Å². The number of benzene rings is 1. The minimum absolute atomic E-state index is 0.0924. The molecule has 28 heavy (non-hydrogen) atoms. The van der Waals surface area contributed by atoms with Crippen molar-refractivity contribution in [3.63, 3.8) is 0 Å². The normalized spacial score (nSPS) is 20.1. The summed E-state index contributed by atoms with van der Waals surface area (Å²) in [5.41, 5.74) is 2.70. The maximum absolute atomic E-state index is 12.4. The van der Waals surface area contributed by atoms with Gasteiger partial charge in [0.15, 0.2) is 0 Å². The fraction of sp³-hybridized carbons (Fsp3) is 0.682. The summed E-state index contributed by atoms with van der Waals surface area (Å²) in [4.78, 5) is 17.2. The first-order valence-electron chi connectivity index (χ1n) is 10.6. The molecule has 2 aliphatic heterocycles. The molecule has 1 amide bonds. The highest BCUT2D eigenvalue weighted by molar-refractivity contribution is 5.76. The predicted molar refractivity (Wildman–Crippen MR) is 114 cm³/mol. The molecule has 2 N–H and O–H groups in total. The standard InChI is InChI=1S/C22H36N4O2/c1-19-4-3-5-20(16-19)26-14-12-25(13-15-26)11-6-21(27)24-17-22(18-28-2)7-9-23-10-8-22/h3-5,16,23H,6-15,17-18H2,1-2H3,(H,24,27). The Morgan fingerprint density at radius 2 is 1.96 bits per heavy atom. The Balaban J connectivity index is 1.37. The van der Waals surface area contributed by atoms with Gasteiger partial charge in [-0.3, -0.25) is 9.69 Å². The van der Waals surface area contributed by atoms with Crippen molar-refractivity contribution < 1.29 is 9.53 Å². The number of piperidine rings is 1. The van der Waals surface area contributed by atoms with E-state index in [1.54, 1.807) is 7.11 Å². The summed E-state index contributed by atoms with van der Waals surface area (Å²) in [6.45, 7) is 10.5. The molecule has 0 radical (unpaired) electrons. The molecule has 1 aromatic carbocycles. The molecular weight excluding hydrogens is 352 g/mol. The number of nitrogens with one attached hydrogen (secondary N) is 2. The van der Waals surface area contributed by atoms with Crippen LogP contribution in [0.2, 0.25) is 0 Å². The summed E-state index contributed by atoms with van der Waals surface area (Å²) in [5, 5.41) is 6.57. The average molecular weight is 389 g/mol. The van der Waals surface area contributed by atoms with E-state index < -0.39 is 0 Å². The molecule has 2 heterocycles. The van der Waals surface area contributed by atoms with E-state index in [-0.39, 0.29) is 11.3 Å². The van der Waals surface area contributed by atoms with Gasteiger partial charge in [0, 0.05) is 63.9 Å². The number of carbonyl (C=O) groups excluding carboxylic acids is 1. The highest BCUT2D eigenvalue weighted by Crippen LogP contribution is 2.28. The number of methoxy groups -OCH3 is 1. The number of hydrogen-bond donors (Lipinski definition) is 2. The number of carbonyl (C=O) groups is 1. The summed E-state index contributed by atoms with van der Waals surface area (Å²) in [6.07, 6.45) is 2.69. The lowest BCUT2D eigenvalue weighted by atomic mass is 9.79. The summed E-state index contributed by atoms with van der Waals surface area (Å²) in [7, 11) is 1.75. The number of ether oxygens (including phenoxy) is 1. The molecule has 1 aromatic rings. The summed E-state index contributed by atoms with van der Waals surface area (Å²) in [5.74, 6) is 0.162. The first-order chi connectivity index (χ1) is 13.6. The molecule has 0 aliphatic carbocycles. The molecule has 156 valence electrons. The van der Waals surface area contributed by atoms with Crippen molar-refractivity contribution in [2.45, 2.75) is 26.2 Å². The first-order valence-corrected chi connectivity index (χ1v) is 10.6. The molecule has 0 unspecified atom stereocenters. The number of anilines is 1. The van der Waals surface area contributed by atoms with Crippen LogP contribution in [0, 0.1) is 12.3 Å². The van der Waals surface area contributed by atoms with Gasteiger partial charge in [-0.2, -0.15) is 0 Å². The van der Waals surface area contributed by atoms with Crippen LogP contribution in [0.1, 0.15) is 24.8 Å². The lowest BCUT2D eigenvalue weighted by molar-refractivity contribution is -0.122. The number of amides is 1. The van der Waals surface area contributed by atoms with Crippen LogP contribution < -0.4 is 15.5 Å². The Labute approximate surface area is 169 Å². The maximum Gasteiger partial charge on any atom is 0.221 e. The van der Waals surface area contributed by atoms with Gasteiger partial charge in [-0.1, -0.05) is 12.1 Å². The van der Waals surface area contributed by atoms with Crippen LogP contribution in [0.4, 0.5) is 5.69 Å². The Bertz CT molecular complexity index is 617. The van der Waals surface area contributed by atoms with E-state index in [1.807, 2.05) is 0 Å². The third-order valence-electron chi connectivity index (χ3n) is 6.17. The van der Waals surface area contributed by atoms with Crippen LogP contribution >= 0.6 is 0 Å². The molecule has 0 spiro atoms. The lowest BCUT2D eigenvalue weighted by Crippen LogP contribution is -2.49. The Morgan fingerprint density at radius 3 is 2.64 bits per heavy atom. The Morgan fingerprint density at radius 1 is 1.21 bits per heavy atom. The minimum atomic E-state index is 0.0924. The Hall–Kier alpha value is -1.63. The molecule has 6 nitrogen and oxygen atoms in total. The van der Waals surface area contributed by atoms with Crippen molar-refractivity contribution in [2.75, 3.05) is 71.0 Å². The van der Waals surface area contributed by atoms with Crippen LogP contribution in [0.15, 0.2) is 24.3 Å². The minimum Gasteiger partial charge on any atom is -0.384 e. The largest absolute Gasteiger partial charge is 0.384 e. The van der Waals surface area contributed by atoms with Gasteiger partial charge in [-0.05, 0) is 50.6 Å². The summed E-state index contributed by atoms with van der Waals surface area (Å²) in [6, 6.07) is 8.70. The SMILES string of the molecule is COCC1(CNC(=O)CCN2CCN(c3cccc(C)c3)CC2)CCNCC1. The number of hydrogen-bond acceptors (Lipinski definition) is 5. The van der Waals surface area contributed by atoms with Crippen molar-refractivity contribution in [3.8, 4) is 0 Å². The van der Waals surface area contributed by atoms with Crippen molar-refractivity contribution in [1.82, 2.24) is 15.5 Å². The molecular formula is C22H36N4O2. The van der Waals surface area contributed by atoms with Gasteiger partial charge in [0.2, 0.25) is 5.91 Å². The zero-order valence-electron chi connectivity index (χ0n) is 17.5. The van der Waals surface area contributed by atoms with E-state index in [0.717, 1.165) is 71.8 Å². The van der Waals surface area contributed by atoms with Crippen molar-refractivity contribution in [2.24, 2.45) is 5.41 Å². The average Bonchev–Trinajstić information content (AvgIpc) is 2.72. The fourth-order valence-electron chi connectivity index (χ4n) is 4.32. The first kappa shape index (κ1) is 21.1. The molecule has 0 saturated carbocycles. The third-order valence-corrected chi connectivity index (χ3v) is 6.17. The van der Waals surface area contributed by atoms with Crippen molar-refractivity contribution in [3.05, 3.63) is 29.8 Å². The van der Waals surface area contributed by atoms with Crippen molar-refractivity contribution >= 4 is 11.6 Å². The van der Waals surface area contributed by atoms with E-state index in [4.69, 9.17) is 4.74 Å². The van der Waals surface area contributed by atoms with E-state index in [9.17, 15) is 4.79 Å². The molecule has 3 rings (SSSR count). The van der Waals surface area contributed by atoms with Gasteiger partial charge in [0.25, 0.3) is 0 Å². The van der Waals surface area contributed by atoms with Crippen LogP contribution in [0.3, 0.4) is 0 Å². The number of aryl methyl sites for hydroxylation is 1. The van der Waals surface area contributed by atoms with E-state index in [2.05, 4.69) is 51.6 Å². The molecule has 0 aromatic heterocycles. The highest BCUT2D eigenvalue weighted by Gasteiger charge is 2.32. The molecule has 2 saturated heterocycles. The maximum atomic E-state index is 12.4. The lowest BCUT2D eigenvalue weighted by Gasteiger charge is -2.37. The third kappa shape index (κ3) is 5.93. The zero-order valence-corrected chi connectivity index (χ0v) is 17.5. The second-order valence-electron chi connectivity index (χ2n) is 8.38. The second-order valence-corrected chi connectivity index (χ2v) is 8.38. The van der Waals surface area contributed by atoms with Gasteiger partial charge in [0.05, 0.1) is 6.61 Å². The van der Waals surface area contributed by atoms with E-state index >= 15 is 0 Å². The van der Waals surface area contributed by atoms with E-state index in [1.165, 1.54) is 11.3 Å². The van der Waals surface area contributed by atoms with Gasteiger partial charge in [-0.15, -0.1) is 0 Å². The van der Waals surface area contributed by atoms with Crippen LogP contribution in [-0.4, -0.2) is 76.9 Å². The van der Waals surface area contributed by atoms with Gasteiger partial charge >= 0.3 is 0 Å². The van der Waals surface area contributed by atoms with Gasteiger partial charge in [-0.25, -0.2) is 0 Å². The quantitative estimate of drug-likeness (QED) is 0.709. The number of nitrogens with zero attached hydrogens (tertiary/aromatic N) is 2. The molecule has 2 fully saturated rings. The summed E-state index contributed by atoms with van der Waals surface area (Å²) >= 11 is 0. The van der Waals surface area contributed by atoms with Gasteiger partial charge in [0.1, 0.15) is 0 Å². The van der Waals surface area contributed by atoms with Crippen LogP contribution in [0.25, 0.3) is 0 Å². The van der Waals surface area contributed by atoms with Crippen LogP contribution in [0.5, 0.6) is 0 Å². The van der Waals surface area contributed by atoms with E-state index in [0.29, 0.717) is 6.42 Å². The topological polar surface area (TPSA) is 56.8 Å². The second kappa shape index (κ2) is 10.2. The van der Waals surface area contributed by atoms with Crippen molar-refractivity contribution in [1.29, 1.82) is 0 Å². The highest BCUT2D eigenvalue weighted by atomic mass is 16.5. The fourth-order valence-corrected chi connectivity index (χ4v) is 4.32. The monoisotopic (exact) mass is 388 g/mol. The smallest absolute Gasteiger partial charge is 0.221 e. The number of rotatable bonds is 8. The molecule has 0 bridgehead atoms. The zero-order chi connectivity index (χ0) is 19.8. The summed E-state index contributed by atoms with van der Waals surface area (Å²) < 4.78 is 5.43. The molecule has 0 atom stereocenters.